The number of nitrogens with zero attached hydrogens (tertiary/aromatic N) is 2. The molecule has 8 heteroatoms. The summed E-state index contributed by atoms with van der Waals surface area (Å²) in [7, 11) is 0. The van der Waals surface area contributed by atoms with Crippen molar-refractivity contribution >= 4 is 34.4 Å². The van der Waals surface area contributed by atoms with E-state index in [-0.39, 0.29) is 18.5 Å². The van der Waals surface area contributed by atoms with Crippen molar-refractivity contribution in [1.29, 1.82) is 0 Å². The molecule has 0 radical (unpaired) electrons. The van der Waals surface area contributed by atoms with Crippen LogP contribution in [0.25, 0.3) is 33.3 Å². The Morgan fingerprint density at radius 1 is 1.02 bits per heavy atom. The Kier molecular flexibility index (Phi) is 7.60. The quantitative estimate of drug-likeness (QED) is 0.246. The summed E-state index contributed by atoms with van der Waals surface area (Å²) in [6, 6.07) is 19.6. The molecule has 42 heavy (non-hydrogen) atoms. The molecule has 6 rings (SSSR count). The maximum atomic E-state index is 14.1. The number of aliphatic hydroxyl groups is 1. The molecule has 2 aliphatic rings. The summed E-state index contributed by atoms with van der Waals surface area (Å²) in [6.45, 7) is 7.48. The first-order valence-corrected chi connectivity index (χ1v) is 14.9. The van der Waals surface area contributed by atoms with E-state index < -0.39 is 11.8 Å². The highest BCUT2D eigenvalue weighted by atomic mass is 35.5. The number of rotatable bonds is 6. The topological polar surface area (TPSA) is 83.8 Å². The molecule has 0 bridgehead atoms. The zero-order valence-corrected chi connectivity index (χ0v) is 25.0. The second kappa shape index (κ2) is 11.2. The summed E-state index contributed by atoms with van der Waals surface area (Å²) < 4.78 is 8.10. The van der Waals surface area contributed by atoms with Gasteiger partial charge in [0.15, 0.2) is 6.17 Å². The molecule has 1 amide bonds. The lowest BCUT2D eigenvalue weighted by atomic mass is 9.93. The van der Waals surface area contributed by atoms with Gasteiger partial charge in [-0.25, -0.2) is 4.79 Å². The average Bonchev–Trinajstić information content (AvgIpc) is 3.55. The molecule has 2 aliphatic heterocycles. The normalized spacial score (nSPS) is 16.4. The number of hydrogen-bond acceptors (Lipinski definition) is 5. The number of benzene rings is 3. The molecule has 3 heterocycles. The van der Waals surface area contributed by atoms with E-state index in [1.165, 1.54) is 0 Å². The van der Waals surface area contributed by atoms with E-state index in [1.54, 1.807) is 0 Å². The SMILES string of the molecule is CC(C)(C)OC(=O)C(N1CCCCC1)n1c(-c2cc(-c3ccc(CO)cc3)c(Cl)c3c2C(=O)NC3)cc2ccccc21. The Hall–Kier alpha value is -3.65. The zero-order chi connectivity index (χ0) is 29.6. The van der Waals surface area contributed by atoms with Crippen molar-refractivity contribution < 1.29 is 19.4 Å². The molecule has 1 aromatic heterocycles. The van der Waals surface area contributed by atoms with Crippen LogP contribution in [0.3, 0.4) is 0 Å². The number of hydrogen-bond donors (Lipinski definition) is 2. The van der Waals surface area contributed by atoms with Gasteiger partial charge in [-0.1, -0.05) is 60.5 Å². The summed E-state index contributed by atoms with van der Waals surface area (Å²) in [4.78, 5) is 29.6. The van der Waals surface area contributed by atoms with Crippen molar-refractivity contribution in [3.05, 3.63) is 82.4 Å². The van der Waals surface area contributed by atoms with Gasteiger partial charge in [0.25, 0.3) is 5.91 Å². The number of aliphatic hydroxyl groups excluding tert-OH is 1. The number of halogens is 1. The molecule has 3 aromatic carbocycles. The first-order valence-electron chi connectivity index (χ1n) is 14.6. The highest BCUT2D eigenvalue weighted by Crippen LogP contribution is 2.44. The molecule has 0 spiro atoms. The summed E-state index contributed by atoms with van der Waals surface area (Å²) >= 11 is 6.98. The number of fused-ring (bicyclic) bond motifs is 2. The minimum atomic E-state index is -0.706. The van der Waals surface area contributed by atoms with Crippen LogP contribution in [0.5, 0.6) is 0 Å². The maximum absolute atomic E-state index is 14.1. The first kappa shape index (κ1) is 28.5. The molecule has 2 N–H and O–H groups in total. The van der Waals surface area contributed by atoms with E-state index in [4.69, 9.17) is 16.3 Å². The van der Waals surface area contributed by atoms with E-state index in [2.05, 4.69) is 20.9 Å². The molecule has 1 atom stereocenters. The van der Waals surface area contributed by atoms with Gasteiger partial charge in [0.1, 0.15) is 5.60 Å². The van der Waals surface area contributed by atoms with Crippen molar-refractivity contribution in [2.45, 2.75) is 65.0 Å². The van der Waals surface area contributed by atoms with Crippen molar-refractivity contribution in [3.8, 4) is 22.4 Å². The lowest BCUT2D eigenvalue weighted by molar-refractivity contribution is -0.166. The predicted octanol–water partition coefficient (Wildman–Crippen LogP) is 6.69. The van der Waals surface area contributed by atoms with E-state index >= 15 is 0 Å². The number of para-hydroxylation sites is 1. The van der Waals surface area contributed by atoms with Crippen LogP contribution in [0.4, 0.5) is 0 Å². The molecule has 7 nitrogen and oxygen atoms in total. The Bertz CT molecular complexity index is 1660. The summed E-state index contributed by atoms with van der Waals surface area (Å²) in [5.74, 6) is -0.505. The minimum Gasteiger partial charge on any atom is -0.457 e. The Labute approximate surface area is 251 Å². The fraction of sp³-hybridized carbons (Fsp3) is 0.353. The Morgan fingerprint density at radius 2 is 1.74 bits per heavy atom. The molecule has 1 fully saturated rings. The highest BCUT2D eigenvalue weighted by Gasteiger charge is 2.37. The van der Waals surface area contributed by atoms with Gasteiger partial charge in [-0.15, -0.1) is 0 Å². The molecule has 218 valence electrons. The van der Waals surface area contributed by atoms with Crippen LogP contribution in [0, 0.1) is 0 Å². The smallest absolute Gasteiger partial charge is 0.345 e. The Morgan fingerprint density at radius 3 is 2.43 bits per heavy atom. The second-order valence-corrected chi connectivity index (χ2v) is 12.5. The number of nitrogens with one attached hydrogen (secondary N) is 1. The van der Waals surface area contributed by atoms with Crippen LogP contribution in [0.1, 0.15) is 67.7 Å². The largest absolute Gasteiger partial charge is 0.457 e. The van der Waals surface area contributed by atoms with E-state index in [9.17, 15) is 14.7 Å². The van der Waals surface area contributed by atoms with Gasteiger partial charge in [0.2, 0.25) is 0 Å². The molecular formula is C34H36ClN3O4. The number of amides is 1. The standard InChI is InChI=1S/C34H36ClN3O4/c1-34(2,3)42-33(41)32(37-15-7-4-8-16-37)38-27-10-6-5-9-23(27)17-28(38)25-18-24(22-13-11-21(20-39)12-14-22)30(35)26-19-36-31(40)29(25)26/h5-6,9-14,17-18,32,39H,4,7-8,15-16,19-20H2,1-3H3,(H,36,40). The van der Waals surface area contributed by atoms with Crippen LogP contribution in [0.2, 0.25) is 5.02 Å². The van der Waals surface area contributed by atoms with E-state index in [0.717, 1.165) is 71.2 Å². The first-order chi connectivity index (χ1) is 20.2. The Balaban J connectivity index is 1.62. The number of aromatic nitrogens is 1. The number of piperidine rings is 1. The minimum absolute atomic E-state index is 0.0511. The van der Waals surface area contributed by atoms with Gasteiger partial charge < -0.3 is 19.7 Å². The molecule has 1 unspecified atom stereocenters. The third kappa shape index (κ3) is 5.21. The van der Waals surface area contributed by atoms with Crippen LogP contribution in [-0.4, -0.2) is 45.1 Å². The lowest BCUT2D eigenvalue weighted by Crippen LogP contribution is -2.44. The van der Waals surface area contributed by atoms with Crippen LogP contribution in [0.15, 0.2) is 60.7 Å². The van der Waals surface area contributed by atoms with E-state index in [1.807, 2.05) is 75.4 Å². The van der Waals surface area contributed by atoms with Gasteiger partial charge >= 0.3 is 5.97 Å². The number of carbonyl (C=O) groups excluding carboxylic acids is 2. The van der Waals surface area contributed by atoms with Crippen LogP contribution < -0.4 is 5.32 Å². The lowest BCUT2D eigenvalue weighted by Gasteiger charge is -2.36. The average molecular weight is 586 g/mol. The van der Waals surface area contributed by atoms with Gasteiger partial charge in [0, 0.05) is 41.7 Å². The number of carbonyl (C=O) groups is 2. The van der Waals surface area contributed by atoms with Crippen LogP contribution in [-0.2, 0) is 22.7 Å². The number of esters is 1. The fourth-order valence-electron chi connectivity index (χ4n) is 6.18. The van der Waals surface area contributed by atoms with Crippen molar-refractivity contribution in [1.82, 2.24) is 14.8 Å². The van der Waals surface area contributed by atoms with Gasteiger partial charge in [-0.05, 0) is 62.9 Å². The van der Waals surface area contributed by atoms with Gasteiger partial charge in [0.05, 0.1) is 28.4 Å². The second-order valence-electron chi connectivity index (χ2n) is 12.1. The van der Waals surface area contributed by atoms with Crippen molar-refractivity contribution in [3.63, 3.8) is 0 Å². The van der Waals surface area contributed by atoms with Crippen molar-refractivity contribution in [2.75, 3.05) is 13.1 Å². The maximum Gasteiger partial charge on any atom is 0.345 e. The number of likely N-dealkylation sites (tertiary alicyclic amines) is 1. The highest BCUT2D eigenvalue weighted by molar-refractivity contribution is 6.35. The molecule has 0 saturated carbocycles. The molecular weight excluding hydrogens is 550 g/mol. The number of ether oxygens (including phenoxy) is 1. The van der Waals surface area contributed by atoms with Gasteiger partial charge in [-0.3, -0.25) is 9.69 Å². The predicted molar refractivity (Wildman–Crippen MR) is 165 cm³/mol. The molecule has 4 aromatic rings. The monoisotopic (exact) mass is 585 g/mol. The third-order valence-corrected chi connectivity index (χ3v) is 8.52. The zero-order valence-electron chi connectivity index (χ0n) is 24.2. The summed E-state index contributed by atoms with van der Waals surface area (Å²) in [6.07, 6.45) is 2.42. The molecule has 1 saturated heterocycles. The van der Waals surface area contributed by atoms with Crippen molar-refractivity contribution in [2.24, 2.45) is 0 Å². The van der Waals surface area contributed by atoms with Crippen LogP contribution >= 0.6 is 11.6 Å². The fourth-order valence-corrected chi connectivity index (χ4v) is 6.51. The third-order valence-electron chi connectivity index (χ3n) is 8.08. The molecule has 0 aliphatic carbocycles. The van der Waals surface area contributed by atoms with E-state index in [0.29, 0.717) is 22.7 Å². The van der Waals surface area contributed by atoms with Gasteiger partial charge in [-0.2, -0.15) is 0 Å². The summed E-state index contributed by atoms with van der Waals surface area (Å²) in [5, 5.41) is 14.0. The summed E-state index contributed by atoms with van der Waals surface area (Å²) in [5.41, 5.74) is 5.44.